The molecule has 1 rings (SSSR count). The largest absolute Gasteiger partial charge is 0.316 e. The number of nitrogens with one attached hydrogen (secondary N) is 1. The molecule has 0 aromatic heterocycles. The van der Waals surface area contributed by atoms with Crippen LogP contribution in [0.3, 0.4) is 0 Å². The van der Waals surface area contributed by atoms with Gasteiger partial charge in [-0.1, -0.05) is 27.2 Å². The fourth-order valence-electron chi connectivity index (χ4n) is 2.50. The summed E-state index contributed by atoms with van der Waals surface area (Å²) in [6, 6.07) is 0. The second-order valence-electron chi connectivity index (χ2n) is 5.31. The number of rotatable bonds is 6. The zero-order valence-electron chi connectivity index (χ0n) is 10.4. The molecule has 0 bridgehead atoms. The monoisotopic (exact) mass is 211 g/mol. The molecule has 1 aliphatic rings. The topological polar surface area (TPSA) is 29.1 Å². The molecule has 0 saturated carbocycles. The van der Waals surface area contributed by atoms with Crippen LogP contribution in [0.5, 0.6) is 0 Å². The molecule has 0 spiro atoms. The fourth-order valence-corrected chi connectivity index (χ4v) is 2.50. The lowest BCUT2D eigenvalue weighted by atomic mass is 9.76. The van der Waals surface area contributed by atoms with Gasteiger partial charge in [0.15, 0.2) is 0 Å². The van der Waals surface area contributed by atoms with Crippen molar-refractivity contribution in [2.75, 3.05) is 13.1 Å². The van der Waals surface area contributed by atoms with Gasteiger partial charge in [-0.2, -0.15) is 0 Å². The van der Waals surface area contributed by atoms with Crippen molar-refractivity contribution in [1.82, 2.24) is 5.32 Å². The van der Waals surface area contributed by atoms with E-state index in [1.807, 2.05) is 0 Å². The first-order chi connectivity index (χ1) is 7.10. The van der Waals surface area contributed by atoms with Crippen molar-refractivity contribution in [1.29, 1.82) is 0 Å². The second kappa shape index (κ2) is 5.64. The summed E-state index contributed by atoms with van der Waals surface area (Å²) in [6.07, 6.45) is 5.06. The lowest BCUT2D eigenvalue weighted by Crippen LogP contribution is -2.33. The summed E-state index contributed by atoms with van der Waals surface area (Å²) >= 11 is 0. The molecule has 0 aromatic rings. The Morgan fingerprint density at radius 2 is 2.20 bits per heavy atom. The Hall–Kier alpha value is -0.370. The van der Waals surface area contributed by atoms with Crippen LogP contribution in [-0.2, 0) is 4.79 Å². The van der Waals surface area contributed by atoms with Crippen molar-refractivity contribution in [3.05, 3.63) is 0 Å². The molecule has 0 aliphatic carbocycles. The number of hydrogen-bond acceptors (Lipinski definition) is 2. The number of carbonyl (C=O) groups is 1. The lowest BCUT2D eigenvalue weighted by Gasteiger charge is -2.26. The molecule has 1 heterocycles. The fraction of sp³-hybridized carbons (Fsp3) is 0.923. The summed E-state index contributed by atoms with van der Waals surface area (Å²) in [5.41, 5.74) is -0.0103. The van der Waals surface area contributed by atoms with Crippen LogP contribution in [0.2, 0.25) is 0 Å². The molecule has 1 unspecified atom stereocenters. The van der Waals surface area contributed by atoms with Gasteiger partial charge in [0.1, 0.15) is 5.78 Å². The standard InChI is InChI=1S/C13H25NO/c1-4-7-13(8-9-14-10-13)12(15)6-5-11(2)3/h11,14H,4-10H2,1-3H3. The van der Waals surface area contributed by atoms with Crippen molar-refractivity contribution >= 4 is 5.78 Å². The Kier molecular flexibility index (Phi) is 4.78. The van der Waals surface area contributed by atoms with Crippen molar-refractivity contribution < 1.29 is 4.79 Å². The molecule has 1 atom stereocenters. The molecule has 1 N–H and O–H groups in total. The van der Waals surface area contributed by atoms with Crippen molar-refractivity contribution in [2.45, 2.75) is 52.9 Å². The molecule has 1 saturated heterocycles. The van der Waals surface area contributed by atoms with E-state index >= 15 is 0 Å². The normalized spacial score (nSPS) is 26.1. The van der Waals surface area contributed by atoms with Gasteiger partial charge in [0.05, 0.1) is 0 Å². The summed E-state index contributed by atoms with van der Waals surface area (Å²) in [7, 11) is 0. The number of Topliss-reactive ketones (excluding diaryl/α,β-unsaturated/α-hetero) is 1. The summed E-state index contributed by atoms with van der Waals surface area (Å²) < 4.78 is 0. The predicted molar refractivity (Wildman–Crippen MR) is 63.9 cm³/mol. The maximum atomic E-state index is 12.2. The Morgan fingerprint density at radius 1 is 1.47 bits per heavy atom. The van der Waals surface area contributed by atoms with Crippen LogP contribution in [0.15, 0.2) is 0 Å². The van der Waals surface area contributed by atoms with E-state index in [1.165, 1.54) is 0 Å². The Bertz CT molecular complexity index is 205. The van der Waals surface area contributed by atoms with Crippen LogP contribution in [0.25, 0.3) is 0 Å². The molecule has 2 nitrogen and oxygen atoms in total. The van der Waals surface area contributed by atoms with Gasteiger partial charge in [0.2, 0.25) is 0 Å². The highest BCUT2D eigenvalue weighted by atomic mass is 16.1. The number of carbonyl (C=O) groups excluding carboxylic acids is 1. The molecule has 1 fully saturated rings. The average molecular weight is 211 g/mol. The van der Waals surface area contributed by atoms with Crippen LogP contribution in [-0.4, -0.2) is 18.9 Å². The highest BCUT2D eigenvalue weighted by Gasteiger charge is 2.39. The zero-order valence-corrected chi connectivity index (χ0v) is 10.4. The molecule has 88 valence electrons. The van der Waals surface area contributed by atoms with Crippen LogP contribution in [0.1, 0.15) is 52.9 Å². The first-order valence-electron chi connectivity index (χ1n) is 6.35. The summed E-state index contributed by atoms with van der Waals surface area (Å²) in [4.78, 5) is 12.2. The highest BCUT2D eigenvalue weighted by Crippen LogP contribution is 2.34. The maximum Gasteiger partial charge on any atom is 0.140 e. The molecule has 2 heteroatoms. The molecule has 0 aromatic carbocycles. The van der Waals surface area contributed by atoms with E-state index in [0.29, 0.717) is 11.7 Å². The molecule has 0 amide bonds. The first kappa shape index (κ1) is 12.7. The van der Waals surface area contributed by atoms with Crippen LogP contribution in [0, 0.1) is 11.3 Å². The van der Waals surface area contributed by atoms with Gasteiger partial charge >= 0.3 is 0 Å². The smallest absolute Gasteiger partial charge is 0.140 e. The van der Waals surface area contributed by atoms with Crippen LogP contribution in [0.4, 0.5) is 0 Å². The van der Waals surface area contributed by atoms with E-state index in [9.17, 15) is 4.79 Å². The van der Waals surface area contributed by atoms with Gasteiger partial charge in [-0.15, -0.1) is 0 Å². The van der Waals surface area contributed by atoms with Gasteiger partial charge in [-0.25, -0.2) is 0 Å². The molecular weight excluding hydrogens is 186 g/mol. The lowest BCUT2D eigenvalue weighted by molar-refractivity contribution is -0.128. The van der Waals surface area contributed by atoms with Gasteiger partial charge < -0.3 is 5.32 Å². The minimum atomic E-state index is -0.0103. The number of ketones is 1. The SMILES string of the molecule is CCCC1(C(=O)CCC(C)C)CCNC1. The predicted octanol–water partition coefficient (Wildman–Crippen LogP) is 2.77. The summed E-state index contributed by atoms with van der Waals surface area (Å²) in [6.45, 7) is 8.49. The number of hydrogen-bond donors (Lipinski definition) is 1. The minimum Gasteiger partial charge on any atom is -0.316 e. The first-order valence-corrected chi connectivity index (χ1v) is 6.35. The Labute approximate surface area is 93.8 Å². The van der Waals surface area contributed by atoms with E-state index in [-0.39, 0.29) is 5.41 Å². The van der Waals surface area contributed by atoms with Gasteiger partial charge in [0, 0.05) is 18.4 Å². The van der Waals surface area contributed by atoms with Crippen molar-refractivity contribution in [3.8, 4) is 0 Å². The van der Waals surface area contributed by atoms with Gasteiger partial charge in [-0.05, 0) is 31.7 Å². The van der Waals surface area contributed by atoms with E-state index in [4.69, 9.17) is 0 Å². The van der Waals surface area contributed by atoms with Gasteiger partial charge in [-0.3, -0.25) is 4.79 Å². The summed E-state index contributed by atoms with van der Waals surface area (Å²) in [5.74, 6) is 1.14. The van der Waals surface area contributed by atoms with E-state index in [2.05, 4.69) is 26.1 Å². The van der Waals surface area contributed by atoms with Crippen LogP contribution >= 0.6 is 0 Å². The van der Waals surface area contributed by atoms with E-state index in [0.717, 1.165) is 45.2 Å². The highest BCUT2D eigenvalue weighted by molar-refractivity contribution is 5.85. The Morgan fingerprint density at radius 3 is 2.67 bits per heavy atom. The summed E-state index contributed by atoms with van der Waals surface area (Å²) in [5, 5.41) is 3.35. The van der Waals surface area contributed by atoms with Crippen molar-refractivity contribution in [3.63, 3.8) is 0 Å². The third kappa shape index (κ3) is 3.30. The second-order valence-corrected chi connectivity index (χ2v) is 5.31. The third-order valence-corrected chi connectivity index (χ3v) is 3.51. The average Bonchev–Trinajstić information content (AvgIpc) is 2.64. The minimum absolute atomic E-state index is 0.0103. The van der Waals surface area contributed by atoms with Crippen LogP contribution < -0.4 is 5.32 Å². The van der Waals surface area contributed by atoms with E-state index < -0.39 is 0 Å². The Balaban J connectivity index is 2.51. The van der Waals surface area contributed by atoms with Gasteiger partial charge in [0.25, 0.3) is 0 Å². The molecule has 0 radical (unpaired) electrons. The zero-order chi connectivity index (χ0) is 11.3. The quantitative estimate of drug-likeness (QED) is 0.732. The van der Waals surface area contributed by atoms with Crippen molar-refractivity contribution in [2.24, 2.45) is 11.3 Å². The molecule has 15 heavy (non-hydrogen) atoms. The van der Waals surface area contributed by atoms with E-state index in [1.54, 1.807) is 0 Å². The third-order valence-electron chi connectivity index (χ3n) is 3.51. The molecule has 1 aliphatic heterocycles. The molecular formula is C13H25NO. The maximum absolute atomic E-state index is 12.2.